The first-order chi connectivity index (χ1) is 9.86. The van der Waals surface area contributed by atoms with E-state index in [1.165, 1.54) is 30.3 Å². The van der Waals surface area contributed by atoms with Crippen molar-refractivity contribution in [1.82, 2.24) is 4.98 Å². The topological polar surface area (TPSA) is 103 Å². The maximum atomic E-state index is 11.0. The van der Waals surface area contributed by atoms with Gasteiger partial charge in [0.15, 0.2) is 0 Å². The van der Waals surface area contributed by atoms with Crippen LogP contribution in [0.15, 0.2) is 30.3 Å². The fourth-order valence-corrected chi connectivity index (χ4v) is 1.81. The number of nitro groups is 1. The maximum absolute atomic E-state index is 11.0. The van der Waals surface area contributed by atoms with E-state index in [4.69, 9.17) is 21.4 Å². The van der Waals surface area contributed by atoms with Gasteiger partial charge in [0.2, 0.25) is 11.6 Å². The Morgan fingerprint density at radius 2 is 2.10 bits per heavy atom. The third kappa shape index (κ3) is 3.46. The molecule has 0 amide bonds. The number of nitrogens with zero attached hydrogens (tertiary/aromatic N) is 2. The van der Waals surface area contributed by atoms with Crippen molar-refractivity contribution in [3.05, 3.63) is 56.7 Å². The number of halogens is 1. The van der Waals surface area contributed by atoms with E-state index in [9.17, 15) is 14.9 Å². The van der Waals surface area contributed by atoms with Crippen molar-refractivity contribution in [3.8, 4) is 11.6 Å². The van der Waals surface area contributed by atoms with Gasteiger partial charge in [-0.15, -0.1) is 0 Å². The lowest BCUT2D eigenvalue weighted by molar-refractivity contribution is -0.385. The lowest BCUT2D eigenvalue weighted by Gasteiger charge is -2.07. The molecule has 0 spiro atoms. The summed E-state index contributed by atoms with van der Waals surface area (Å²) in [5.41, 5.74) is 0.0938. The van der Waals surface area contributed by atoms with Gasteiger partial charge in [0.1, 0.15) is 0 Å². The van der Waals surface area contributed by atoms with Crippen LogP contribution in [0.4, 0.5) is 5.69 Å². The fraction of sp³-hybridized carbons (Fsp3) is 0.0769. The van der Waals surface area contributed by atoms with E-state index < -0.39 is 10.9 Å². The normalized spacial score (nSPS) is 10.2. The van der Waals surface area contributed by atoms with Crippen molar-refractivity contribution in [1.29, 1.82) is 0 Å². The minimum Gasteiger partial charge on any atom is -0.478 e. The largest absolute Gasteiger partial charge is 0.478 e. The number of carboxylic acid groups (broad SMARTS) is 1. The van der Waals surface area contributed by atoms with Crippen LogP contribution in [0.2, 0.25) is 5.02 Å². The van der Waals surface area contributed by atoms with Gasteiger partial charge in [-0.2, -0.15) is 0 Å². The number of pyridine rings is 1. The highest BCUT2D eigenvalue weighted by atomic mass is 35.5. The van der Waals surface area contributed by atoms with E-state index >= 15 is 0 Å². The lowest BCUT2D eigenvalue weighted by Crippen LogP contribution is -2.01. The molecule has 0 saturated carbocycles. The molecule has 1 aromatic heterocycles. The van der Waals surface area contributed by atoms with Crippen LogP contribution >= 0.6 is 11.6 Å². The number of carbonyl (C=O) groups is 1. The van der Waals surface area contributed by atoms with E-state index in [0.29, 0.717) is 5.69 Å². The second-order valence-electron chi connectivity index (χ2n) is 4.11. The monoisotopic (exact) mass is 308 g/mol. The summed E-state index contributed by atoms with van der Waals surface area (Å²) < 4.78 is 5.32. The van der Waals surface area contributed by atoms with Crippen molar-refractivity contribution in [3.63, 3.8) is 0 Å². The zero-order valence-corrected chi connectivity index (χ0v) is 11.5. The number of aromatic carboxylic acids is 1. The molecule has 0 unspecified atom stereocenters. The summed E-state index contributed by atoms with van der Waals surface area (Å²) in [4.78, 5) is 25.3. The van der Waals surface area contributed by atoms with Gasteiger partial charge in [0.05, 0.1) is 10.5 Å². The lowest BCUT2D eigenvalue weighted by atomic mass is 10.2. The summed E-state index contributed by atoms with van der Waals surface area (Å²) in [5, 5.41) is 20.2. The Morgan fingerprint density at radius 3 is 2.71 bits per heavy atom. The zero-order chi connectivity index (χ0) is 15.6. The Bertz CT molecular complexity index is 732. The van der Waals surface area contributed by atoms with Crippen LogP contribution in [0.3, 0.4) is 0 Å². The Kier molecular flexibility index (Phi) is 4.04. The number of carboxylic acids is 1. The number of hydrogen-bond donors (Lipinski definition) is 1. The van der Waals surface area contributed by atoms with Crippen LogP contribution in [0, 0.1) is 17.0 Å². The molecule has 0 bridgehead atoms. The number of rotatable bonds is 4. The zero-order valence-electron chi connectivity index (χ0n) is 10.7. The molecule has 0 aliphatic carbocycles. The molecule has 1 heterocycles. The molecule has 8 heteroatoms. The number of hydrogen-bond acceptors (Lipinski definition) is 5. The Balaban J connectivity index is 2.45. The number of ether oxygens (including phenoxy) is 1. The minimum atomic E-state index is -1.15. The van der Waals surface area contributed by atoms with Crippen LogP contribution in [0.5, 0.6) is 11.6 Å². The third-order valence-corrected chi connectivity index (χ3v) is 2.75. The average molecular weight is 309 g/mol. The van der Waals surface area contributed by atoms with Crippen LogP contribution in [0.25, 0.3) is 0 Å². The molecule has 0 radical (unpaired) electrons. The predicted octanol–water partition coefficient (Wildman–Crippen LogP) is 3.44. The highest BCUT2D eigenvalue weighted by molar-refractivity contribution is 6.30. The molecule has 7 nitrogen and oxygen atoms in total. The van der Waals surface area contributed by atoms with Crippen LogP contribution in [-0.2, 0) is 0 Å². The fourth-order valence-electron chi connectivity index (χ4n) is 1.65. The summed E-state index contributed by atoms with van der Waals surface area (Å²) >= 11 is 5.78. The molecular weight excluding hydrogens is 300 g/mol. The van der Waals surface area contributed by atoms with Gasteiger partial charge in [-0.05, 0) is 19.1 Å². The van der Waals surface area contributed by atoms with E-state index in [1.807, 2.05) is 0 Å². The summed E-state index contributed by atoms with van der Waals surface area (Å²) in [7, 11) is 0. The Hall–Kier alpha value is -2.67. The predicted molar refractivity (Wildman–Crippen MR) is 74.1 cm³/mol. The highest BCUT2D eigenvalue weighted by Crippen LogP contribution is 2.33. The first-order valence-corrected chi connectivity index (χ1v) is 6.08. The molecule has 108 valence electrons. The van der Waals surface area contributed by atoms with Gasteiger partial charge in [0, 0.05) is 28.9 Å². The molecule has 0 aliphatic rings. The van der Waals surface area contributed by atoms with Gasteiger partial charge in [-0.25, -0.2) is 9.78 Å². The molecule has 21 heavy (non-hydrogen) atoms. The summed E-state index contributed by atoms with van der Waals surface area (Å²) in [5.74, 6) is -1.31. The molecular formula is C13H9ClN2O5. The summed E-state index contributed by atoms with van der Waals surface area (Å²) in [6.45, 7) is 1.59. The third-order valence-electron chi connectivity index (χ3n) is 2.51. The van der Waals surface area contributed by atoms with Crippen LogP contribution in [-0.4, -0.2) is 21.0 Å². The first-order valence-electron chi connectivity index (χ1n) is 5.70. The van der Waals surface area contributed by atoms with E-state index in [2.05, 4.69) is 4.98 Å². The van der Waals surface area contributed by atoms with E-state index in [0.717, 1.165) is 0 Å². The number of aromatic nitrogens is 1. The Morgan fingerprint density at radius 1 is 1.38 bits per heavy atom. The minimum absolute atomic E-state index is 0.0258. The quantitative estimate of drug-likeness (QED) is 0.685. The molecule has 0 fully saturated rings. The molecule has 1 N–H and O–H groups in total. The van der Waals surface area contributed by atoms with Crippen molar-refractivity contribution < 1.29 is 19.6 Å². The highest BCUT2D eigenvalue weighted by Gasteiger charge is 2.17. The standard InChI is InChI=1S/C13H9ClN2O5/c1-7-4-8(13(17)18)5-12(15-7)21-11-6-9(14)2-3-10(11)16(19)20/h2-6H,1H3,(H,17,18). The average Bonchev–Trinajstić information content (AvgIpc) is 2.37. The second-order valence-corrected chi connectivity index (χ2v) is 4.55. The second kappa shape index (κ2) is 5.76. The van der Waals surface area contributed by atoms with E-state index in [-0.39, 0.29) is 27.9 Å². The van der Waals surface area contributed by atoms with Crippen molar-refractivity contribution in [2.45, 2.75) is 6.92 Å². The van der Waals surface area contributed by atoms with E-state index in [1.54, 1.807) is 6.92 Å². The maximum Gasteiger partial charge on any atom is 0.335 e. The van der Waals surface area contributed by atoms with Gasteiger partial charge in [-0.1, -0.05) is 11.6 Å². The number of nitro benzene ring substituents is 1. The van der Waals surface area contributed by atoms with Crippen LogP contribution < -0.4 is 4.74 Å². The first kappa shape index (κ1) is 14.7. The van der Waals surface area contributed by atoms with Gasteiger partial charge < -0.3 is 9.84 Å². The number of aryl methyl sites for hydroxylation is 1. The molecule has 2 aromatic rings. The summed E-state index contributed by atoms with van der Waals surface area (Å²) in [6, 6.07) is 6.37. The summed E-state index contributed by atoms with van der Waals surface area (Å²) in [6.07, 6.45) is 0. The van der Waals surface area contributed by atoms with Crippen molar-refractivity contribution >= 4 is 23.3 Å². The Labute approximate surface area is 123 Å². The van der Waals surface area contributed by atoms with Crippen LogP contribution in [0.1, 0.15) is 16.1 Å². The smallest absolute Gasteiger partial charge is 0.335 e. The SMILES string of the molecule is Cc1cc(C(=O)O)cc(Oc2cc(Cl)ccc2[N+](=O)[O-])n1. The molecule has 2 rings (SSSR count). The molecule has 0 saturated heterocycles. The number of benzene rings is 1. The molecule has 0 aliphatic heterocycles. The van der Waals surface area contributed by atoms with Crippen molar-refractivity contribution in [2.75, 3.05) is 0 Å². The van der Waals surface area contributed by atoms with Gasteiger partial charge in [-0.3, -0.25) is 10.1 Å². The molecule has 1 aromatic carbocycles. The van der Waals surface area contributed by atoms with Crippen molar-refractivity contribution in [2.24, 2.45) is 0 Å². The van der Waals surface area contributed by atoms with Gasteiger partial charge >= 0.3 is 11.7 Å². The van der Waals surface area contributed by atoms with Gasteiger partial charge in [0.25, 0.3) is 0 Å². The molecule has 0 atom stereocenters.